The van der Waals surface area contributed by atoms with Gasteiger partial charge in [0.2, 0.25) is 0 Å². The normalized spacial score (nSPS) is 10.7. The van der Waals surface area contributed by atoms with Crippen LogP contribution in [0.4, 0.5) is 9.18 Å². The van der Waals surface area contributed by atoms with Gasteiger partial charge in [-0.1, -0.05) is 26.0 Å². The number of carbonyl (C=O) groups excluding carboxylic acids is 1. The van der Waals surface area contributed by atoms with Gasteiger partial charge in [-0.05, 0) is 30.0 Å². The second-order valence-electron chi connectivity index (χ2n) is 5.54. The summed E-state index contributed by atoms with van der Waals surface area (Å²) in [6.45, 7) is 6.55. The summed E-state index contributed by atoms with van der Waals surface area (Å²) in [5.74, 6) is 0.237. The first-order valence-corrected chi connectivity index (χ1v) is 7.30. The van der Waals surface area contributed by atoms with Crippen molar-refractivity contribution in [2.24, 2.45) is 5.92 Å². The summed E-state index contributed by atoms with van der Waals surface area (Å²) in [6.07, 6.45) is 0.784. The van der Waals surface area contributed by atoms with E-state index in [1.165, 1.54) is 17.0 Å². The molecule has 0 bridgehead atoms. The van der Waals surface area contributed by atoms with Gasteiger partial charge < -0.3 is 15.0 Å². The van der Waals surface area contributed by atoms with Crippen molar-refractivity contribution in [3.05, 3.63) is 35.6 Å². The molecule has 0 unspecified atom stereocenters. The summed E-state index contributed by atoms with van der Waals surface area (Å²) in [5.41, 5.74) is 0.771. The van der Waals surface area contributed by atoms with E-state index in [1.54, 1.807) is 19.2 Å². The molecule has 4 nitrogen and oxygen atoms in total. The largest absolute Gasteiger partial charge is 0.381 e. The van der Waals surface area contributed by atoms with Gasteiger partial charge in [0.15, 0.2) is 0 Å². The van der Waals surface area contributed by atoms with Gasteiger partial charge in [-0.2, -0.15) is 0 Å². The topological polar surface area (TPSA) is 41.6 Å². The summed E-state index contributed by atoms with van der Waals surface area (Å²) in [6, 6.07) is 6.10. The maximum absolute atomic E-state index is 13.1. The Kier molecular flexibility index (Phi) is 7.75. The summed E-state index contributed by atoms with van der Waals surface area (Å²) >= 11 is 0. The highest BCUT2D eigenvalue weighted by molar-refractivity contribution is 5.73. The molecule has 1 N–H and O–H groups in total. The monoisotopic (exact) mass is 296 g/mol. The van der Waals surface area contributed by atoms with Crippen molar-refractivity contribution in [3.63, 3.8) is 0 Å². The number of hydrogen-bond acceptors (Lipinski definition) is 2. The number of amides is 2. The van der Waals surface area contributed by atoms with Crippen LogP contribution < -0.4 is 5.32 Å². The minimum absolute atomic E-state index is 0.164. The molecule has 0 saturated carbocycles. The molecule has 1 rings (SSSR count). The summed E-state index contributed by atoms with van der Waals surface area (Å²) < 4.78 is 18.5. The van der Waals surface area contributed by atoms with Crippen LogP contribution in [0.25, 0.3) is 0 Å². The van der Waals surface area contributed by atoms with E-state index >= 15 is 0 Å². The van der Waals surface area contributed by atoms with Crippen LogP contribution in [0.3, 0.4) is 0 Å². The van der Waals surface area contributed by atoms with Crippen molar-refractivity contribution in [1.29, 1.82) is 0 Å². The fourth-order valence-corrected chi connectivity index (χ4v) is 1.80. The van der Waals surface area contributed by atoms with Crippen LogP contribution in [0.5, 0.6) is 0 Å². The second kappa shape index (κ2) is 9.34. The van der Waals surface area contributed by atoms with Crippen molar-refractivity contribution in [3.8, 4) is 0 Å². The molecule has 1 aromatic rings. The van der Waals surface area contributed by atoms with Gasteiger partial charge in [0.1, 0.15) is 5.82 Å². The average Bonchev–Trinajstić information content (AvgIpc) is 2.42. The zero-order valence-corrected chi connectivity index (χ0v) is 13.1. The molecular weight excluding hydrogens is 271 g/mol. The number of nitrogens with one attached hydrogen (secondary N) is 1. The highest BCUT2D eigenvalue weighted by Crippen LogP contribution is 2.06. The first-order chi connectivity index (χ1) is 9.99. The molecule has 1 aromatic carbocycles. The number of urea groups is 1. The van der Waals surface area contributed by atoms with Gasteiger partial charge in [0, 0.05) is 33.4 Å². The van der Waals surface area contributed by atoms with Crippen molar-refractivity contribution in [2.75, 3.05) is 26.8 Å². The molecule has 0 aliphatic rings. The number of hydrogen-bond donors (Lipinski definition) is 1. The Morgan fingerprint density at radius 1 is 1.43 bits per heavy atom. The van der Waals surface area contributed by atoms with E-state index in [2.05, 4.69) is 19.2 Å². The Morgan fingerprint density at radius 3 is 2.86 bits per heavy atom. The fraction of sp³-hybridized carbons (Fsp3) is 0.562. The average molecular weight is 296 g/mol. The van der Waals surface area contributed by atoms with E-state index in [9.17, 15) is 9.18 Å². The lowest BCUT2D eigenvalue weighted by Crippen LogP contribution is -2.37. The number of halogens is 1. The van der Waals surface area contributed by atoms with Crippen LogP contribution in [-0.4, -0.2) is 37.7 Å². The van der Waals surface area contributed by atoms with E-state index in [-0.39, 0.29) is 11.8 Å². The number of nitrogens with zero attached hydrogens (tertiary/aromatic N) is 1. The zero-order valence-electron chi connectivity index (χ0n) is 13.1. The zero-order chi connectivity index (χ0) is 15.7. The Morgan fingerprint density at radius 2 is 2.19 bits per heavy atom. The molecule has 21 heavy (non-hydrogen) atoms. The predicted octanol–water partition coefficient (Wildman–Crippen LogP) is 3.03. The third-order valence-electron chi connectivity index (χ3n) is 2.85. The van der Waals surface area contributed by atoms with Crippen LogP contribution in [0.2, 0.25) is 0 Å². The third-order valence-corrected chi connectivity index (χ3v) is 2.85. The molecule has 0 spiro atoms. The minimum Gasteiger partial charge on any atom is -0.381 e. The maximum atomic E-state index is 13.1. The Bertz CT molecular complexity index is 438. The lowest BCUT2D eigenvalue weighted by molar-refractivity contribution is 0.108. The molecule has 0 saturated heterocycles. The van der Waals surface area contributed by atoms with E-state index in [0.717, 1.165) is 18.6 Å². The van der Waals surface area contributed by atoms with Crippen LogP contribution in [-0.2, 0) is 11.3 Å². The van der Waals surface area contributed by atoms with Crippen LogP contribution >= 0.6 is 0 Å². The van der Waals surface area contributed by atoms with Crippen LogP contribution in [0.1, 0.15) is 25.8 Å². The van der Waals surface area contributed by atoms with Gasteiger partial charge in [0.25, 0.3) is 0 Å². The summed E-state index contributed by atoms with van der Waals surface area (Å²) in [4.78, 5) is 13.4. The van der Waals surface area contributed by atoms with Crippen LogP contribution in [0, 0.1) is 11.7 Å². The number of rotatable bonds is 8. The van der Waals surface area contributed by atoms with Crippen molar-refractivity contribution >= 4 is 6.03 Å². The summed E-state index contributed by atoms with van der Waals surface area (Å²) in [7, 11) is 1.69. The predicted molar refractivity (Wildman–Crippen MR) is 81.5 cm³/mol. The number of ether oxygens (including phenoxy) is 1. The smallest absolute Gasteiger partial charge is 0.317 e. The van der Waals surface area contributed by atoms with Crippen molar-refractivity contribution in [1.82, 2.24) is 10.2 Å². The molecule has 0 aromatic heterocycles. The lowest BCUT2D eigenvalue weighted by Gasteiger charge is -2.18. The number of benzene rings is 1. The minimum atomic E-state index is -0.288. The number of carbonyl (C=O) groups is 1. The molecule has 0 aliphatic heterocycles. The summed E-state index contributed by atoms with van der Waals surface area (Å²) in [5, 5.41) is 2.82. The lowest BCUT2D eigenvalue weighted by atomic mass is 10.2. The highest BCUT2D eigenvalue weighted by atomic mass is 19.1. The van der Waals surface area contributed by atoms with Gasteiger partial charge in [0.05, 0.1) is 0 Å². The molecule has 0 radical (unpaired) electrons. The third kappa shape index (κ3) is 7.66. The molecule has 0 atom stereocenters. The van der Waals surface area contributed by atoms with E-state index in [0.29, 0.717) is 25.6 Å². The van der Waals surface area contributed by atoms with Gasteiger partial charge in [-0.25, -0.2) is 9.18 Å². The Labute approximate surface area is 126 Å². The van der Waals surface area contributed by atoms with Gasteiger partial charge in [-0.15, -0.1) is 0 Å². The standard InChI is InChI=1S/C16H25FN2O2/c1-13(2)12-21-9-5-8-18-16(20)19(3)11-14-6-4-7-15(17)10-14/h4,6-7,10,13H,5,8-9,11-12H2,1-3H3,(H,18,20). The first-order valence-electron chi connectivity index (χ1n) is 7.30. The quantitative estimate of drug-likeness (QED) is 0.749. The van der Waals surface area contributed by atoms with Crippen molar-refractivity contribution in [2.45, 2.75) is 26.8 Å². The van der Waals surface area contributed by atoms with Gasteiger partial charge >= 0.3 is 6.03 Å². The Balaban J connectivity index is 2.19. The molecule has 0 fully saturated rings. The van der Waals surface area contributed by atoms with Crippen molar-refractivity contribution < 1.29 is 13.9 Å². The van der Waals surface area contributed by atoms with Crippen LogP contribution in [0.15, 0.2) is 24.3 Å². The molecule has 0 aliphatic carbocycles. The van der Waals surface area contributed by atoms with Gasteiger partial charge in [-0.3, -0.25) is 0 Å². The molecule has 0 heterocycles. The fourth-order valence-electron chi connectivity index (χ4n) is 1.80. The van der Waals surface area contributed by atoms with E-state index in [4.69, 9.17) is 4.74 Å². The highest BCUT2D eigenvalue weighted by Gasteiger charge is 2.08. The maximum Gasteiger partial charge on any atom is 0.317 e. The molecule has 2 amide bonds. The first kappa shape index (κ1) is 17.4. The second-order valence-corrected chi connectivity index (χ2v) is 5.54. The Hall–Kier alpha value is -1.62. The molecule has 5 heteroatoms. The molecule has 118 valence electrons. The molecular formula is C16H25FN2O2. The van der Waals surface area contributed by atoms with E-state index < -0.39 is 0 Å². The SMILES string of the molecule is CC(C)COCCCNC(=O)N(C)Cc1cccc(F)c1. The van der Waals surface area contributed by atoms with E-state index in [1.807, 2.05) is 0 Å².